The molecule has 0 radical (unpaired) electrons. The molecular formula is C37H34N2O+2. The zero-order valence-corrected chi connectivity index (χ0v) is 23.2. The molecule has 0 spiro atoms. The van der Waals surface area contributed by atoms with Crippen molar-refractivity contribution in [2.24, 2.45) is 7.05 Å². The molecule has 3 aromatic carbocycles. The molecule has 4 heterocycles. The van der Waals surface area contributed by atoms with Gasteiger partial charge in [-0.05, 0) is 54.7 Å². The molecule has 3 aromatic heterocycles. The van der Waals surface area contributed by atoms with Gasteiger partial charge in [-0.1, -0.05) is 54.6 Å². The Morgan fingerprint density at radius 3 is 2.58 bits per heavy atom. The van der Waals surface area contributed by atoms with Crippen LogP contribution >= 0.6 is 0 Å². The van der Waals surface area contributed by atoms with Gasteiger partial charge in [0.05, 0.1) is 5.56 Å². The summed E-state index contributed by atoms with van der Waals surface area (Å²) in [5.41, 5.74) is 10.9. The average Bonchev–Trinajstić information content (AvgIpc) is 3.37. The number of pyridine rings is 2. The Morgan fingerprint density at radius 2 is 1.68 bits per heavy atom. The molecule has 6 aromatic rings. The van der Waals surface area contributed by atoms with Gasteiger partial charge >= 0.3 is 0 Å². The van der Waals surface area contributed by atoms with E-state index in [0.29, 0.717) is 12.0 Å². The maximum Gasteiger partial charge on any atom is 0.216 e. The number of rotatable bonds is 6. The molecule has 1 aliphatic rings. The number of allylic oxidation sites excluding steroid dienone is 1. The zero-order valence-electron chi connectivity index (χ0n) is 23.2. The van der Waals surface area contributed by atoms with Crippen LogP contribution in [0, 0.1) is 6.92 Å². The van der Waals surface area contributed by atoms with Crippen molar-refractivity contribution in [1.29, 1.82) is 0 Å². The first-order chi connectivity index (χ1) is 19.6. The Balaban J connectivity index is 1.37. The predicted molar refractivity (Wildman–Crippen MR) is 162 cm³/mol. The van der Waals surface area contributed by atoms with E-state index in [4.69, 9.17) is 4.42 Å². The molecule has 0 saturated heterocycles. The molecule has 3 nitrogen and oxygen atoms in total. The van der Waals surface area contributed by atoms with Crippen LogP contribution in [0.1, 0.15) is 41.5 Å². The van der Waals surface area contributed by atoms with E-state index in [1.807, 2.05) is 6.07 Å². The van der Waals surface area contributed by atoms with Gasteiger partial charge in [0.1, 0.15) is 18.2 Å². The summed E-state index contributed by atoms with van der Waals surface area (Å²) < 4.78 is 11.3. The average molecular weight is 523 g/mol. The molecule has 0 fully saturated rings. The van der Waals surface area contributed by atoms with Crippen molar-refractivity contribution >= 4 is 21.9 Å². The minimum absolute atomic E-state index is 0.331. The van der Waals surface area contributed by atoms with E-state index in [-0.39, 0.29) is 0 Å². The van der Waals surface area contributed by atoms with Crippen molar-refractivity contribution in [3.8, 4) is 22.5 Å². The monoisotopic (exact) mass is 522 g/mol. The minimum atomic E-state index is 0.331. The summed E-state index contributed by atoms with van der Waals surface area (Å²) in [7, 11) is 2.13. The summed E-state index contributed by atoms with van der Waals surface area (Å²) >= 11 is 0. The number of hydrogen-bond acceptors (Lipinski definition) is 1. The first-order valence-electron chi connectivity index (χ1n) is 14.2. The van der Waals surface area contributed by atoms with Gasteiger partial charge in [-0.2, -0.15) is 4.57 Å². The Labute approximate surface area is 235 Å². The number of benzene rings is 3. The van der Waals surface area contributed by atoms with Gasteiger partial charge in [0.25, 0.3) is 0 Å². The van der Waals surface area contributed by atoms with Crippen molar-refractivity contribution in [2.45, 2.75) is 38.1 Å². The number of fused-ring (bicyclic) bond motifs is 6. The van der Waals surface area contributed by atoms with Crippen molar-refractivity contribution < 1.29 is 13.6 Å². The van der Waals surface area contributed by atoms with Crippen LogP contribution in [-0.4, -0.2) is 0 Å². The standard InChI is InChI=1S/C37H34N2O/c1-4-11-32-29(27-12-5-6-13-28(27)33-15-9-10-22-39(32)33)19-17-26-18-20-31-30-14-7-8-16-35(30)40-37(31)36(26)34-24-25(2)21-23-38(34)3/h4-10,12-16,18,20-24,29,32H,1,11,17,19H2,2-3H3/q+2. The minimum Gasteiger partial charge on any atom is -0.455 e. The zero-order chi connectivity index (χ0) is 27.2. The lowest BCUT2D eigenvalue weighted by molar-refractivity contribution is -0.717. The Morgan fingerprint density at radius 1 is 0.850 bits per heavy atom. The van der Waals surface area contributed by atoms with Crippen molar-refractivity contribution in [2.75, 3.05) is 0 Å². The summed E-state index contributed by atoms with van der Waals surface area (Å²) in [6, 6.07) is 33.2. The van der Waals surface area contributed by atoms with Crippen LogP contribution in [0.3, 0.4) is 0 Å². The smallest absolute Gasteiger partial charge is 0.216 e. The molecule has 0 bridgehead atoms. The number of para-hydroxylation sites is 1. The van der Waals surface area contributed by atoms with Crippen LogP contribution in [0.25, 0.3) is 44.5 Å². The predicted octanol–water partition coefficient (Wildman–Crippen LogP) is 8.19. The molecule has 2 atom stereocenters. The van der Waals surface area contributed by atoms with Gasteiger partial charge in [0, 0.05) is 52.9 Å². The topological polar surface area (TPSA) is 20.9 Å². The summed E-state index contributed by atoms with van der Waals surface area (Å²) in [6.45, 7) is 6.30. The molecule has 3 heteroatoms. The molecule has 1 aliphatic heterocycles. The van der Waals surface area contributed by atoms with Gasteiger partial charge in [-0.25, -0.2) is 4.57 Å². The molecule has 196 valence electrons. The first kappa shape index (κ1) is 24.5. The van der Waals surface area contributed by atoms with Gasteiger partial charge in [0.2, 0.25) is 11.4 Å². The lowest BCUT2D eigenvalue weighted by Gasteiger charge is -2.30. The lowest BCUT2D eigenvalue weighted by Crippen LogP contribution is -2.47. The van der Waals surface area contributed by atoms with Crippen LogP contribution in [0.15, 0.2) is 120 Å². The second-order valence-electron chi connectivity index (χ2n) is 11.1. The highest BCUT2D eigenvalue weighted by atomic mass is 16.3. The normalized spacial score (nSPS) is 16.1. The fourth-order valence-corrected chi connectivity index (χ4v) is 6.78. The molecule has 7 rings (SSSR count). The van der Waals surface area contributed by atoms with E-state index in [9.17, 15) is 0 Å². The summed E-state index contributed by atoms with van der Waals surface area (Å²) in [5, 5.41) is 2.34. The van der Waals surface area contributed by atoms with E-state index in [1.165, 1.54) is 50.0 Å². The summed E-state index contributed by atoms with van der Waals surface area (Å²) in [6.07, 6.45) is 9.39. The van der Waals surface area contributed by atoms with Gasteiger partial charge in [-0.15, -0.1) is 6.58 Å². The van der Waals surface area contributed by atoms with Crippen LogP contribution in [0.2, 0.25) is 0 Å². The van der Waals surface area contributed by atoms with Gasteiger partial charge in [0.15, 0.2) is 18.4 Å². The highest BCUT2D eigenvalue weighted by molar-refractivity contribution is 6.09. The largest absolute Gasteiger partial charge is 0.455 e. The van der Waals surface area contributed by atoms with Crippen LogP contribution in [0.4, 0.5) is 0 Å². The van der Waals surface area contributed by atoms with E-state index in [1.54, 1.807) is 0 Å². The van der Waals surface area contributed by atoms with E-state index >= 15 is 0 Å². The van der Waals surface area contributed by atoms with Crippen LogP contribution in [0.5, 0.6) is 0 Å². The number of nitrogens with zero attached hydrogens (tertiary/aromatic N) is 2. The third kappa shape index (κ3) is 3.96. The number of furan rings is 1. The molecule has 0 aliphatic carbocycles. The van der Waals surface area contributed by atoms with E-state index in [2.05, 4.69) is 133 Å². The Kier molecular flexibility index (Phi) is 6.08. The molecule has 40 heavy (non-hydrogen) atoms. The van der Waals surface area contributed by atoms with E-state index < -0.39 is 0 Å². The molecule has 2 unspecified atom stereocenters. The van der Waals surface area contributed by atoms with Crippen LogP contribution in [-0.2, 0) is 13.5 Å². The van der Waals surface area contributed by atoms with Crippen molar-refractivity contribution in [3.63, 3.8) is 0 Å². The highest BCUT2D eigenvalue weighted by Gasteiger charge is 2.38. The highest BCUT2D eigenvalue weighted by Crippen LogP contribution is 2.43. The SMILES string of the molecule is C=CCC1C(CCc2ccc3c(oc4ccccc43)c2-c2cc(C)cc[n+]2C)c2ccccc2-c2cccc[n+]21. The maximum atomic E-state index is 6.60. The number of aryl methyl sites for hydroxylation is 3. The third-order valence-electron chi connectivity index (χ3n) is 8.68. The summed E-state index contributed by atoms with van der Waals surface area (Å²) in [5.74, 6) is 0.375. The van der Waals surface area contributed by atoms with Crippen LogP contribution < -0.4 is 9.13 Å². The molecular weight excluding hydrogens is 488 g/mol. The number of hydrogen-bond donors (Lipinski definition) is 0. The fourth-order valence-electron chi connectivity index (χ4n) is 6.78. The molecule has 0 N–H and O–H groups in total. The van der Waals surface area contributed by atoms with Crippen molar-refractivity contribution in [3.05, 3.63) is 133 Å². The lowest BCUT2D eigenvalue weighted by atomic mass is 9.78. The number of aromatic nitrogens is 2. The second-order valence-corrected chi connectivity index (χ2v) is 11.1. The Bertz CT molecular complexity index is 1900. The second kappa shape index (κ2) is 9.91. The quantitative estimate of drug-likeness (QED) is 0.160. The maximum absolute atomic E-state index is 6.60. The fraction of sp³-hybridized carbons (Fsp3) is 0.189. The third-order valence-corrected chi connectivity index (χ3v) is 8.68. The van der Waals surface area contributed by atoms with E-state index in [0.717, 1.165) is 30.4 Å². The van der Waals surface area contributed by atoms with Gasteiger partial charge < -0.3 is 4.42 Å². The van der Waals surface area contributed by atoms with Gasteiger partial charge in [-0.3, -0.25) is 0 Å². The molecule has 0 saturated carbocycles. The molecule has 0 amide bonds. The Hall–Kier alpha value is -4.50. The summed E-state index contributed by atoms with van der Waals surface area (Å²) in [4.78, 5) is 0. The van der Waals surface area contributed by atoms with Crippen molar-refractivity contribution in [1.82, 2.24) is 0 Å². The first-order valence-corrected chi connectivity index (χ1v) is 14.2.